The fourth-order valence-corrected chi connectivity index (χ4v) is 2.13. The van der Waals surface area contributed by atoms with Crippen LogP contribution in [0.4, 0.5) is 0 Å². The van der Waals surface area contributed by atoms with Crippen LogP contribution in [0.3, 0.4) is 0 Å². The highest BCUT2D eigenvalue weighted by atomic mass is 35.5. The second kappa shape index (κ2) is 3.71. The molecule has 0 bridgehead atoms. The van der Waals surface area contributed by atoms with Crippen molar-refractivity contribution in [1.82, 2.24) is 10.2 Å². The number of rotatable bonds is 2. The van der Waals surface area contributed by atoms with Gasteiger partial charge in [0.1, 0.15) is 10.8 Å². The van der Waals surface area contributed by atoms with Crippen LogP contribution in [-0.4, -0.2) is 10.2 Å². The molecule has 1 unspecified atom stereocenters. The standard InChI is InChI=1S/C9H9ClN2OS/c1-5(10)8-11-12-9(14-8)7-3-4-13-6(7)2/h3-5H,1-2H3. The molecule has 2 heterocycles. The molecule has 0 aliphatic heterocycles. The first kappa shape index (κ1) is 9.68. The van der Waals surface area contributed by atoms with Gasteiger partial charge in [0.05, 0.1) is 17.2 Å². The lowest BCUT2D eigenvalue weighted by molar-refractivity contribution is 0.535. The third kappa shape index (κ3) is 1.67. The Labute approximate surface area is 90.7 Å². The van der Waals surface area contributed by atoms with Crippen molar-refractivity contribution in [3.8, 4) is 10.6 Å². The van der Waals surface area contributed by atoms with Gasteiger partial charge in [-0.05, 0) is 19.9 Å². The molecule has 0 saturated heterocycles. The zero-order valence-electron chi connectivity index (χ0n) is 7.82. The van der Waals surface area contributed by atoms with Crippen LogP contribution in [0.2, 0.25) is 0 Å². The highest BCUT2D eigenvalue weighted by Gasteiger charge is 2.13. The lowest BCUT2D eigenvalue weighted by Gasteiger charge is -1.91. The second-order valence-corrected chi connectivity index (χ2v) is 4.62. The first-order chi connectivity index (χ1) is 6.68. The van der Waals surface area contributed by atoms with Gasteiger partial charge in [0.2, 0.25) is 0 Å². The summed E-state index contributed by atoms with van der Waals surface area (Å²) in [6.45, 7) is 3.79. The maximum absolute atomic E-state index is 5.90. The zero-order valence-corrected chi connectivity index (χ0v) is 9.39. The second-order valence-electron chi connectivity index (χ2n) is 2.95. The fourth-order valence-electron chi connectivity index (χ4n) is 1.11. The molecular weight excluding hydrogens is 220 g/mol. The SMILES string of the molecule is Cc1occc1-c1nnc(C(C)Cl)s1. The average Bonchev–Trinajstić information content (AvgIpc) is 2.71. The number of aromatic nitrogens is 2. The minimum absolute atomic E-state index is 0.0894. The monoisotopic (exact) mass is 228 g/mol. The quantitative estimate of drug-likeness (QED) is 0.740. The molecule has 0 radical (unpaired) electrons. The largest absolute Gasteiger partial charge is 0.469 e. The molecule has 3 nitrogen and oxygen atoms in total. The molecule has 2 rings (SSSR count). The Kier molecular flexibility index (Phi) is 2.56. The molecule has 0 aliphatic carbocycles. The minimum Gasteiger partial charge on any atom is -0.469 e. The van der Waals surface area contributed by atoms with Gasteiger partial charge in [-0.25, -0.2) is 0 Å². The summed E-state index contributed by atoms with van der Waals surface area (Å²) in [4.78, 5) is 0. The summed E-state index contributed by atoms with van der Waals surface area (Å²) in [6, 6.07) is 1.89. The van der Waals surface area contributed by atoms with Crippen LogP contribution in [-0.2, 0) is 0 Å². The third-order valence-corrected chi connectivity index (χ3v) is 3.35. The number of halogens is 1. The van der Waals surface area contributed by atoms with Crippen molar-refractivity contribution in [1.29, 1.82) is 0 Å². The predicted molar refractivity (Wildman–Crippen MR) is 56.6 cm³/mol. The van der Waals surface area contributed by atoms with E-state index in [0.717, 1.165) is 21.3 Å². The molecule has 2 aromatic heterocycles. The Hall–Kier alpha value is -0.870. The summed E-state index contributed by atoms with van der Waals surface area (Å²) in [6.07, 6.45) is 1.65. The van der Waals surface area contributed by atoms with E-state index in [1.54, 1.807) is 6.26 Å². The number of nitrogens with zero attached hydrogens (tertiary/aromatic N) is 2. The molecule has 0 spiro atoms. The van der Waals surface area contributed by atoms with Crippen LogP contribution in [0.5, 0.6) is 0 Å². The van der Waals surface area contributed by atoms with Crippen molar-refractivity contribution < 1.29 is 4.42 Å². The Morgan fingerprint density at radius 3 is 2.79 bits per heavy atom. The molecule has 74 valence electrons. The highest BCUT2D eigenvalue weighted by molar-refractivity contribution is 7.15. The van der Waals surface area contributed by atoms with Crippen LogP contribution < -0.4 is 0 Å². The molecule has 1 atom stereocenters. The van der Waals surface area contributed by atoms with E-state index in [0.29, 0.717) is 0 Å². The summed E-state index contributed by atoms with van der Waals surface area (Å²) in [5.41, 5.74) is 0.992. The van der Waals surface area contributed by atoms with E-state index in [9.17, 15) is 0 Å². The zero-order chi connectivity index (χ0) is 10.1. The summed E-state index contributed by atoms with van der Waals surface area (Å²) in [7, 11) is 0. The number of alkyl halides is 1. The van der Waals surface area contributed by atoms with E-state index in [1.807, 2.05) is 19.9 Å². The van der Waals surface area contributed by atoms with E-state index < -0.39 is 0 Å². The number of hydrogen-bond acceptors (Lipinski definition) is 4. The van der Waals surface area contributed by atoms with Gasteiger partial charge in [0, 0.05) is 0 Å². The van der Waals surface area contributed by atoms with Gasteiger partial charge in [0.15, 0.2) is 5.01 Å². The van der Waals surface area contributed by atoms with Gasteiger partial charge >= 0.3 is 0 Å². The van der Waals surface area contributed by atoms with Crippen LogP contribution in [0.25, 0.3) is 10.6 Å². The van der Waals surface area contributed by atoms with E-state index in [-0.39, 0.29) is 5.38 Å². The van der Waals surface area contributed by atoms with Gasteiger partial charge < -0.3 is 4.42 Å². The van der Waals surface area contributed by atoms with Gasteiger partial charge in [-0.3, -0.25) is 0 Å². The van der Waals surface area contributed by atoms with Crippen LogP contribution >= 0.6 is 22.9 Å². The Morgan fingerprint density at radius 1 is 1.50 bits per heavy atom. The molecule has 0 fully saturated rings. The molecule has 0 amide bonds. The lowest BCUT2D eigenvalue weighted by Crippen LogP contribution is -1.80. The smallest absolute Gasteiger partial charge is 0.151 e. The molecule has 0 aliphatic rings. The number of hydrogen-bond donors (Lipinski definition) is 0. The Bertz CT molecular complexity index is 435. The molecule has 2 aromatic rings. The maximum atomic E-state index is 5.90. The van der Waals surface area contributed by atoms with Gasteiger partial charge in [0.25, 0.3) is 0 Å². The summed E-state index contributed by atoms with van der Waals surface area (Å²) >= 11 is 7.40. The summed E-state index contributed by atoms with van der Waals surface area (Å²) < 4.78 is 5.19. The highest BCUT2D eigenvalue weighted by Crippen LogP contribution is 2.31. The van der Waals surface area contributed by atoms with Crippen LogP contribution in [0.15, 0.2) is 16.7 Å². The molecule has 14 heavy (non-hydrogen) atoms. The van der Waals surface area contributed by atoms with E-state index in [2.05, 4.69) is 10.2 Å². The maximum Gasteiger partial charge on any atom is 0.151 e. The van der Waals surface area contributed by atoms with Crippen LogP contribution in [0.1, 0.15) is 23.1 Å². The fraction of sp³-hybridized carbons (Fsp3) is 0.333. The molecule has 5 heteroatoms. The summed E-state index contributed by atoms with van der Waals surface area (Å²) in [5.74, 6) is 0.856. The summed E-state index contributed by atoms with van der Waals surface area (Å²) in [5, 5.41) is 9.68. The lowest BCUT2D eigenvalue weighted by atomic mass is 10.3. The number of aryl methyl sites for hydroxylation is 1. The van der Waals surface area contributed by atoms with Gasteiger partial charge in [-0.1, -0.05) is 11.3 Å². The third-order valence-electron chi connectivity index (χ3n) is 1.87. The van der Waals surface area contributed by atoms with E-state index >= 15 is 0 Å². The van der Waals surface area contributed by atoms with Crippen molar-refractivity contribution >= 4 is 22.9 Å². The molecule has 0 N–H and O–H groups in total. The number of furan rings is 1. The van der Waals surface area contributed by atoms with Crippen molar-refractivity contribution in [2.24, 2.45) is 0 Å². The Morgan fingerprint density at radius 2 is 2.29 bits per heavy atom. The van der Waals surface area contributed by atoms with Crippen molar-refractivity contribution in [2.75, 3.05) is 0 Å². The Balaban J connectivity index is 2.39. The molecular formula is C9H9ClN2OS. The van der Waals surface area contributed by atoms with Crippen molar-refractivity contribution in [3.63, 3.8) is 0 Å². The normalized spacial score (nSPS) is 13.1. The van der Waals surface area contributed by atoms with Gasteiger partial charge in [-0.2, -0.15) is 0 Å². The predicted octanol–water partition coefficient (Wildman–Crippen LogP) is 3.41. The van der Waals surface area contributed by atoms with Crippen LogP contribution in [0, 0.1) is 6.92 Å². The molecule has 0 saturated carbocycles. The van der Waals surface area contributed by atoms with E-state index in [4.69, 9.17) is 16.0 Å². The van der Waals surface area contributed by atoms with Crippen molar-refractivity contribution in [3.05, 3.63) is 23.1 Å². The topological polar surface area (TPSA) is 38.9 Å². The minimum atomic E-state index is -0.0894. The average molecular weight is 229 g/mol. The first-order valence-electron chi connectivity index (χ1n) is 4.20. The molecule has 0 aromatic carbocycles. The van der Waals surface area contributed by atoms with Gasteiger partial charge in [-0.15, -0.1) is 21.8 Å². The van der Waals surface area contributed by atoms with Crippen molar-refractivity contribution in [2.45, 2.75) is 19.2 Å². The van der Waals surface area contributed by atoms with E-state index in [1.165, 1.54) is 11.3 Å². The first-order valence-corrected chi connectivity index (χ1v) is 5.45.